The summed E-state index contributed by atoms with van der Waals surface area (Å²) < 4.78 is 0. The van der Waals surface area contributed by atoms with Crippen molar-refractivity contribution in [2.45, 2.75) is 59.4 Å². The average Bonchev–Trinajstić information content (AvgIpc) is 2.40. The molecule has 1 rings (SSSR count). The van der Waals surface area contributed by atoms with Crippen molar-refractivity contribution in [3.63, 3.8) is 0 Å². The van der Waals surface area contributed by atoms with Gasteiger partial charge in [0.1, 0.15) is 0 Å². The monoisotopic (exact) mass is 284 g/mol. The van der Waals surface area contributed by atoms with Crippen LogP contribution in [0, 0.1) is 17.3 Å². The molecule has 20 heavy (non-hydrogen) atoms. The molecule has 4 heteroatoms. The Morgan fingerprint density at radius 2 is 2.00 bits per heavy atom. The lowest BCUT2D eigenvalue weighted by molar-refractivity contribution is -0.144. The van der Waals surface area contributed by atoms with Gasteiger partial charge in [-0.05, 0) is 30.6 Å². The SMILES string of the molecule is CCCCN(CCO)C(=O)C1CCC(N)C(C)C1(C)C. The molecule has 0 aromatic carbocycles. The summed E-state index contributed by atoms with van der Waals surface area (Å²) in [6.07, 6.45) is 3.84. The number of nitrogens with two attached hydrogens (primary N) is 1. The molecular weight excluding hydrogens is 252 g/mol. The third-order valence-corrected chi connectivity index (χ3v) is 5.26. The Morgan fingerprint density at radius 3 is 2.55 bits per heavy atom. The van der Waals surface area contributed by atoms with Gasteiger partial charge in [0.25, 0.3) is 0 Å². The van der Waals surface area contributed by atoms with Crippen LogP contribution >= 0.6 is 0 Å². The van der Waals surface area contributed by atoms with Crippen LogP contribution in [0.2, 0.25) is 0 Å². The Balaban J connectivity index is 2.81. The van der Waals surface area contributed by atoms with Crippen molar-refractivity contribution in [3.05, 3.63) is 0 Å². The molecule has 3 atom stereocenters. The molecule has 0 spiro atoms. The minimum absolute atomic E-state index is 0.0284. The second kappa shape index (κ2) is 7.41. The number of hydrogen-bond donors (Lipinski definition) is 2. The number of aliphatic hydroxyl groups excluding tert-OH is 1. The maximum absolute atomic E-state index is 12.8. The second-order valence-corrected chi connectivity index (χ2v) is 6.81. The summed E-state index contributed by atoms with van der Waals surface area (Å²) in [5, 5.41) is 9.19. The van der Waals surface area contributed by atoms with Gasteiger partial charge in [0.15, 0.2) is 0 Å². The number of aliphatic hydroxyl groups is 1. The Labute approximate surface area is 123 Å². The number of carbonyl (C=O) groups is 1. The van der Waals surface area contributed by atoms with Crippen molar-refractivity contribution in [1.82, 2.24) is 4.90 Å². The smallest absolute Gasteiger partial charge is 0.226 e. The molecule has 4 nitrogen and oxygen atoms in total. The van der Waals surface area contributed by atoms with Crippen LogP contribution in [-0.4, -0.2) is 41.7 Å². The van der Waals surface area contributed by atoms with E-state index in [1.54, 1.807) is 0 Å². The summed E-state index contributed by atoms with van der Waals surface area (Å²) >= 11 is 0. The third kappa shape index (κ3) is 3.73. The fourth-order valence-electron chi connectivity index (χ4n) is 3.31. The van der Waals surface area contributed by atoms with Gasteiger partial charge in [-0.1, -0.05) is 34.1 Å². The van der Waals surface area contributed by atoms with E-state index in [0.29, 0.717) is 12.5 Å². The zero-order valence-electron chi connectivity index (χ0n) is 13.6. The highest BCUT2D eigenvalue weighted by molar-refractivity contribution is 5.79. The zero-order chi connectivity index (χ0) is 15.3. The molecule has 0 radical (unpaired) electrons. The summed E-state index contributed by atoms with van der Waals surface area (Å²) in [6, 6.07) is 0.191. The van der Waals surface area contributed by atoms with E-state index in [2.05, 4.69) is 27.7 Å². The summed E-state index contributed by atoms with van der Waals surface area (Å²) in [6.45, 7) is 9.85. The van der Waals surface area contributed by atoms with Crippen LogP contribution in [0.4, 0.5) is 0 Å². The normalized spacial score (nSPS) is 29.2. The lowest BCUT2D eigenvalue weighted by Crippen LogP contribution is -2.52. The van der Waals surface area contributed by atoms with E-state index >= 15 is 0 Å². The molecule has 1 amide bonds. The van der Waals surface area contributed by atoms with Crippen molar-refractivity contribution >= 4 is 5.91 Å². The van der Waals surface area contributed by atoms with E-state index in [-0.39, 0.29) is 29.9 Å². The minimum atomic E-state index is -0.0747. The summed E-state index contributed by atoms with van der Waals surface area (Å²) in [7, 11) is 0. The molecule has 0 aromatic heterocycles. The van der Waals surface area contributed by atoms with Gasteiger partial charge in [-0.25, -0.2) is 0 Å². The quantitative estimate of drug-likeness (QED) is 0.784. The molecule has 1 aliphatic carbocycles. The predicted molar refractivity (Wildman–Crippen MR) is 82.2 cm³/mol. The summed E-state index contributed by atoms with van der Waals surface area (Å²) in [4.78, 5) is 14.7. The molecule has 1 saturated carbocycles. The van der Waals surface area contributed by atoms with Gasteiger partial charge in [-0.2, -0.15) is 0 Å². The largest absolute Gasteiger partial charge is 0.395 e. The van der Waals surface area contributed by atoms with E-state index in [1.165, 1.54) is 0 Å². The van der Waals surface area contributed by atoms with Crippen molar-refractivity contribution in [2.75, 3.05) is 19.7 Å². The van der Waals surface area contributed by atoms with Gasteiger partial charge < -0.3 is 15.7 Å². The fraction of sp³-hybridized carbons (Fsp3) is 0.938. The predicted octanol–water partition coefficient (Wildman–Crippen LogP) is 2.01. The molecule has 1 fully saturated rings. The zero-order valence-corrected chi connectivity index (χ0v) is 13.6. The van der Waals surface area contributed by atoms with Crippen LogP contribution in [0.25, 0.3) is 0 Å². The molecule has 0 heterocycles. The molecule has 0 saturated heterocycles. The van der Waals surface area contributed by atoms with E-state index in [9.17, 15) is 9.90 Å². The lowest BCUT2D eigenvalue weighted by Gasteiger charge is -2.47. The lowest BCUT2D eigenvalue weighted by atomic mass is 9.60. The molecule has 0 aliphatic heterocycles. The van der Waals surface area contributed by atoms with Crippen molar-refractivity contribution in [2.24, 2.45) is 23.0 Å². The van der Waals surface area contributed by atoms with Crippen LogP contribution in [0.3, 0.4) is 0 Å². The van der Waals surface area contributed by atoms with E-state index in [4.69, 9.17) is 5.73 Å². The van der Waals surface area contributed by atoms with Gasteiger partial charge in [0.05, 0.1) is 6.61 Å². The van der Waals surface area contributed by atoms with Crippen molar-refractivity contribution in [1.29, 1.82) is 0 Å². The van der Waals surface area contributed by atoms with E-state index in [1.807, 2.05) is 4.90 Å². The highest BCUT2D eigenvalue weighted by Gasteiger charge is 2.46. The standard InChI is InChI=1S/C16H32N2O2/c1-5-6-9-18(10-11-19)15(20)13-7-8-14(17)12(2)16(13,3)4/h12-14,19H,5-11,17H2,1-4H3. The first-order valence-corrected chi connectivity index (χ1v) is 8.01. The molecule has 3 unspecified atom stereocenters. The van der Waals surface area contributed by atoms with Crippen LogP contribution in [0.1, 0.15) is 53.4 Å². The first-order chi connectivity index (χ1) is 9.36. The number of rotatable bonds is 6. The molecule has 118 valence electrons. The first-order valence-electron chi connectivity index (χ1n) is 8.01. The molecule has 0 aromatic rings. The number of nitrogens with zero attached hydrogens (tertiary/aromatic N) is 1. The molecule has 0 bridgehead atoms. The van der Waals surface area contributed by atoms with Crippen LogP contribution in [-0.2, 0) is 4.79 Å². The highest BCUT2D eigenvalue weighted by Crippen LogP contribution is 2.45. The van der Waals surface area contributed by atoms with Gasteiger partial charge in [-0.3, -0.25) is 4.79 Å². The van der Waals surface area contributed by atoms with Gasteiger partial charge >= 0.3 is 0 Å². The fourth-order valence-corrected chi connectivity index (χ4v) is 3.31. The Kier molecular flexibility index (Phi) is 6.46. The average molecular weight is 284 g/mol. The topological polar surface area (TPSA) is 66.6 Å². The molecule has 1 aliphatic rings. The number of hydrogen-bond acceptors (Lipinski definition) is 3. The van der Waals surface area contributed by atoms with Gasteiger partial charge in [0.2, 0.25) is 5.91 Å². The number of amides is 1. The Bertz CT molecular complexity index is 318. The minimum Gasteiger partial charge on any atom is -0.395 e. The number of carbonyl (C=O) groups excluding carboxylic acids is 1. The van der Waals surface area contributed by atoms with E-state index in [0.717, 1.165) is 32.2 Å². The summed E-state index contributed by atoms with van der Waals surface area (Å²) in [5.41, 5.74) is 6.09. The van der Waals surface area contributed by atoms with E-state index < -0.39 is 0 Å². The third-order valence-electron chi connectivity index (χ3n) is 5.26. The Morgan fingerprint density at radius 1 is 1.35 bits per heavy atom. The number of unbranched alkanes of at least 4 members (excludes halogenated alkanes) is 1. The Hall–Kier alpha value is -0.610. The van der Waals surface area contributed by atoms with Gasteiger partial charge in [-0.15, -0.1) is 0 Å². The first kappa shape index (κ1) is 17.4. The molecular formula is C16H32N2O2. The molecule has 3 N–H and O–H groups in total. The highest BCUT2D eigenvalue weighted by atomic mass is 16.3. The second-order valence-electron chi connectivity index (χ2n) is 6.81. The van der Waals surface area contributed by atoms with Crippen molar-refractivity contribution in [3.8, 4) is 0 Å². The van der Waals surface area contributed by atoms with Gasteiger partial charge in [0, 0.05) is 25.0 Å². The van der Waals surface area contributed by atoms with Crippen LogP contribution in [0.15, 0.2) is 0 Å². The summed E-state index contributed by atoms with van der Waals surface area (Å²) in [5.74, 6) is 0.573. The van der Waals surface area contributed by atoms with Crippen LogP contribution in [0.5, 0.6) is 0 Å². The van der Waals surface area contributed by atoms with Crippen LogP contribution < -0.4 is 5.73 Å². The van der Waals surface area contributed by atoms with Crippen molar-refractivity contribution < 1.29 is 9.90 Å². The maximum atomic E-state index is 12.8. The maximum Gasteiger partial charge on any atom is 0.226 e.